The SMILES string of the molecule is Cc1ccc(S(=O)(=O)n2cc(C(C)CO)nn2)cc1. The minimum atomic E-state index is -3.72. The third-order valence-electron chi connectivity index (χ3n) is 2.83. The Labute approximate surface area is 111 Å². The molecule has 1 heterocycles. The molecule has 0 aliphatic heterocycles. The van der Waals surface area contributed by atoms with Crippen LogP contribution in [0.5, 0.6) is 0 Å². The fourth-order valence-electron chi connectivity index (χ4n) is 1.52. The summed E-state index contributed by atoms with van der Waals surface area (Å²) in [5, 5.41) is 16.4. The first-order valence-corrected chi connectivity index (χ1v) is 7.24. The summed E-state index contributed by atoms with van der Waals surface area (Å²) in [5.74, 6) is -0.248. The second-order valence-electron chi connectivity index (χ2n) is 4.42. The van der Waals surface area contributed by atoms with Crippen molar-refractivity contribution in [3.05, 3.63) is 41.7 Å². The van der Waals surface area contributed by atoms with Gasteiger partial charge in [-0.3, -0.25) is 0 Å². The van der Waals surface area contributed by atoms with Gasteiger partial charge < -0.3 is 5.11 Å². The van der Waals surface area contributed by atoms with E-state index in [2.05, 4.69) is 10.3 Å². The van der Waals surface area contributed by atoms with Gasteiger partial charge in [0.1, 0.15) is 0 Å². The zero-order chi connectivity index (χ0) is 14.0. The molecule has 7 heteroatoms. The molecule has 0 saturated heterocycles. The second kappa shape index (κ2) is 5.10. The van der Waals surface area contributed by atoms with Gasteiger partial charge in [0.05, 0.1) is 23.4 Å². The molecule has 1 atom stereocenters. The number of rotatable bonds is 4. The number of hydrogen-bond donors (Lipinski definition) is 1. The number of nitrogens with zero attached hydrogens (tertiary/aromatic N) is 3. The molecule has 0 aliphatic rings. The van der Waals surface area contributed by atoms with E-state index in [-0.39, 0.29) is 17.4 Å². The van der Waals surface area contributed by atoms with Gasteiger partial charge in [0.15, 0.2) is 0 Å². The van der Waals surface area contributed by atoms with E-state index in [9.17, 15) is 8.42 Å². The molecule has 2 aromatic rings. The van der Waals surface area contributed by atoms with Crippen LogP contribution < -0.4 is 0 Å². The van der Waals surface area contributed by atoms with E-state index in [1.807, 2.05) is 6.92 Å². The quantitative estimate of drug-likeness (QED) is 0.900. The maximum absolute atomic E-state index is 12.3. The normalized spacial score (nSPS) is 13.4. The van der Waals surface area contributed by atoms with E-state index in [0.29, 0.717) is 5.69 Å². The highest BCUT2D eigenvalue weighted by atomic mass is 32.2. The van der Waals surface area contributed by atoms with Gasteiger partial charge in [-0.1, -0.05) is 29.8 Å². The Morgan fingerprint density at radius 3 is 2.53 bits per heavy atom. The van der Waals surface area contributed by atoms with Crippen LogP contribution in [0, 0.1) is 6.92 Å². The largest absolute Gasteiger partial charge is 0.396 e. The van der Waals surface area contributed by atoms with Crippen molar-refractivity contribution in [3.63, 3.8) is 0 Å². The Morgan fingerprint density at radius 2 is 1.95 bits per heavy atom. The number of hydrogen-bond acceptors (Lipinski definition) is 5. The van der Waals surface area contributed by atoms with Crippen LogP contribution in [0.4, 0.5) is 0 Å². The van der Waals surface area contributed by atoms with Gasteiger partial charge in [-0.2, -0.15) is 8.42 Å². The monoisotopic (exact) mass is 281 g/mol. The summed E-state index contributed by atoms with van der Waals surface area (Å²) in [5.41, 5.74) is 1.42. The van der Waals surface area contributed by atoms with Crippen LogP contribution >= 0.6 is 0 Å². The Morgan fingerprint density at radius 1 is 1.32 bits per heavy atom. The topological polar surface area (TPSA) is 85.1 Å². The molecule has 0 saturated carbocycles. The van der Waals surface area contributed by atoms with Crippen molar-refractivity contribution >= 4 is 10.0 Å². The van der Waals surface area contributed by atoms with Crippen LogP contribution in [0.3, 0.4) is 0 Å². The molecular formula is C12H15N3O3S. The van der Waals surface area contributed by atoms with Crippen LogP contribution in [0.25, 0.3) is 0 Å². The van der Waals surface area contributed by atoms with Crippen LogP contribution in [0.2, 0.25) is 0 Å². The maximum Gasteiger partial charge on any atom is 0.284 e. The lowest BCUT2D eigenvalue weighted by Gasteiger charge is -2.04. The zero-order valence-corrected chi connectivity index (χ0v) is 11.5. The van der Waals surface area contributed by atoms with Crippen molar-refractivity contribution < 1.29 is 13.5 Å². The fraction of sp³-hybridized carbons (Fsp3) is 0.333. The number of benzene rings is 1. The lowest BCUT2D eigenvalue weighted by Crippen LogP contribution is -2.13. The molecule has 102 valence electrons. The van der Waals surface area contributed by atoms with Gasteiger partial charge in [-0.25, -0.2) is 0 Å². The first kappa shape index (κ1) is 13.7. The molecule has 0 radical (unpaired) electrons. The van der Waals surface area contributed by atoms with E-state index in [1.54, 1.807) is 19.1 Å². The van der Waals surface area contributed by atoms with Crippen molar-refractivity contribution in [1.29, 1.82) is 0 Å². The molecular weight excluding hydrogens is 266 g/mol. The number of aromatic nitrogens is 3. The molecule has 19 heavy (non-hydrogen) atoms. The maximum atomic E-state index is 12.3. The molecule has 1 aromatic heterocycles. The number of aryl methyl sites for hydroxylation is 1. The Bertz CT molecular complexity index is 662. The van der Waals surface area contributed by atoms with Gasteiger partial charge in [0.2, 0.25) is 0 Å². The Hall–Kier alpha value is -1.73. The van der Waals surface area contributed by atoms with E-state index in [0.717, 1.165) is 9.65 Å². The molecule has 2 rings (SSSR count). The number of aliphatic hydroxyl groups excluding tert-OH is 1. The van der Waals surface area contributed by atoms with Crippen molar-refractivity contribution in [3.8, 4) is 0 Å². The van der Waals surface area contributed by atoms with E-state index in [1.165, 1.54) is 18.3 Å². The smallest absolute Gasteiger partial charge is 0.284 e. The fourth-order valence-corrected chi connectivity index (χ4v) is 2.59. The van der Waals surface area contributed by atoms with Gasteiger partial charge in [-0.05, 0) is 19.1 Å². The number of aliphatic hydroxyl groups is 1. The lowest BCUT2D eigenvalue weighted by molar-refractivity contribution is 0.271. The van der Waals surface area contributed by atoms with Crippen molar-refractivity contribution in [2.45, 2.75) is 24.7 Å². The average Bonchev–Trinajstić information content (AvgIpc) is 2.88. The first-order chi connectivity index (χ1) is 8.95. The molecule has 0 fully saturated rings. The lowest BCUT2D eigenvalue weighted by atomic mass is 10.1. The Kier molecular flexibility index (Phi) is 3.68. The van der Waals surface area contributed by atoms with Gasteiger partial charge in [0, 0.05) is 5.92 Å². The summed E-state index contributed by atoms with van der Waals surface area (Å²) in [6, 6.07) is 6.51. The minimum absolute atomic E-state index is 0.108. The molecule has 0 aliphatic carbocycles. The molecule has 1 aromatic carbocycles. The summed E-state index contributed by atoms with van der Waals surface area (Å²) < 4.78 is 25.4. The zero-order valence-electron chi connectivity index (χ0n) is 10.7. The highest BCUT2D eigenvalue weighted by Crippen LogP contribution is 2.16. The summed E-state index contributed by atoms with van der Waals surface area (Å²) in [6.45, 7) is 3.52. The van der Waals surface area contributed by atoms with E-state index >= 15 is 0 Å². The van der Waals surface area contributed by atoms with E-state index < -0.39 is 10.0 Å². The summed E-state index contributed by atoms with van der Waals surface area (Å²) >= 11 is 0. The van der Waals surface area contributed by atoms with Gasteiger partial charge >= 0.3 is 0 Å². The molecule has 0 amide bonds. The van der Waals surface area contributed by atoms with Crippen molar-refractivity contribution in [2.75, 3.05) is 6.61 Å². The van der Waals surface area contributed by atoms with Crippen molar-refractivity contribution in [2.24, 2.45) is 0 Å². The van der Waals surface area contributed by atoms with Gasteiger partial charge in [0.25, 0.3) is 10.0 Å². The predicted octanol–water partition coefficient (Wildman–Crippen LogP) is 0.919. The summed E-state index contributed by atoms with van der Waals surface area (Å²) in [6.07, 6.45) is 1.33. The van der Waals surface area contributed by atoms with Crippen LogP contribution in [-0.4, -0.2) is 34.5 Å². The van der Waals surface area contributed by atoms with Crippen molar-refractivity contribution in [1.82, 2.24) is 14.4 Å². The summed E-state index contributed by atoms with van der Waals surface area (Å²) in [7, 11) is -3.72. The standard InChI is InChI=1S/C12H15N3O3S/c1-9-3-5-11(6-4-9)19(17,18)15-7-12(13-14-15)10(2)8-16/h3-7,10,16H,8H2,1-2H3. The van der Waals surface area contributed by atoms with Crippen LogP contribution in [0.15, 0.2) is 35.4 Å². The Balaban J connectivity index is 2.39. The predicted molar refractivity (Wildman–Crippen MR) is 69.3 cm³/mol. The van der Waals surface area contributed by atoms with Crippen LogP contribution in [-0.2, 0) is 10.0 Å². The molecule has 6 nitrogen and oxygen atoms in total. The first-order valence-electron chi connectivity index (χ1n) is 5.80. The average molecular weight is 281 g/mol. The molecule has 1 N–H and O–H groups in total. The summed E-state index contributed by atoms with van der Waals surface area (Å²) in [4.78, 5) is 0.159. The van der Waals surface area contributed by atoms with E-state index in [4.69, 9.17) is 5.11 Å². The van der Waals surface area contributed by atoms with Gasteiger partial charge in [-0.15, -0.1) is 9.19 Å². The highest BCUT2D eigenvalue weighted by molar-refractivity contribution is 7.89. The third kappa shape index (κ3) is 2.66. The molecule has 1 unspecified atom stereocenters. The second-order valence-corrected chi connectivity index (χ2v) is 6.21. The molecule has 0 bridgehead atoms. The minimum Gasteiger partial charge on any atom is -0.396 e. The highest BCUT2D eigenvalue weighted by Gasteiger charge is 2.20. The van der Waals surface area contributed by atoms with Crippen LogP contribution in [0.1, 0.15) is 24.1 Å². The molecule has 0 spiro atoms. The third-order valence-corrected chi connectivity index (χ3v) is 4.37.